The molecule has 1 aliphatic carbocycles. The van der Waals surface area contributed by atoms with E-state index in [4.69, 9.17) is 0 Å². The van der Waals surface area contributed by atoms with Gasteiger partial charge in [0, 0.05) is 18.6 Å². The van der Waals surface area contributed by atoms with Gasteiger partial charge in [-0.1, -0.05) is 12.8 Å². The van der Waals surface area contributed by atoms with Gasteiger partial charge in [-0.2, -0.15) is 0 Å². The Kier molecular flexibility index (Phi) is 4.96. The number of nitrogens with one attached hydrogen (secondary N) is 2. The van der Waals surface area contributed by atoms with E-state index in [0.29, 0.717) is 18.7 Å². The highest BCUT2D eigenvalue weighted by molar-refractivity contribution is 7.91. The topological polar surface area (TPSA) is 110 Å². The second-order valence-corrected chi connectivity index (χ2v) is 10.1. The number of hydrogen-bond acceptors (Lipinski definition) is 5. The van der Waals surface area contributed by atoms with E-state index in [0.717, 1.165) is 50.6 Å². The van der Waals surface area contributed by atoms with Gasteiger partial charge in [0.1, 0.15) is 5.69 Å². The molecule has 27 heavy (non-hydrogen) atoms. The van der Waals surface area contributed by atoms with Crippen LogP contribution < -0.4 is 10.6 Å². The molecule has 2 aliphatic heterocycles. The van der Waals surface area contributed by atoms with Crippen LogP contribution in [0.5, 0.6) is 0 Å². The van der Waals surface area contributed by atoms with E-state index in [1.54, 1.807) is 0 Å². The highest BCUT2D eigenvalue weighted by Gasteiger charge is 2.33. The predicted octanol–water partition coefficient (Wildman–Crippen LogP) is 0.809. The molecule has 3 heterocycles. The zero-order valence-electron chi connectivity index (χ0n) is 15.4. The van der Waals surface area contributed by atoms with Gasteiger partial charge < -0.3 is 15.2 Å². The Labute approximate surface area is 159 Å². The largest absolute Gasteiger partial charge is 0.348 e. The number of fused-ring (bicyclic) bond motifs is 1. The molecular formula is C18H26N4O4S. The molecule has 8 nitrogen and oxygen atoms in total. The van der Waals surface area contributed by atoms with Crippen LogP contribution in [0.2, 0.25) is 0 Å². The molecule has 1 aromatic rings. The maximum Gasteiger partial charge on any atom is 0.287 e. The molecule has 1 saturated heterocycles. The molecule has 1 unspecified atom stereocenters. The summed E-state index contributed by atoms with van der Waals surface area (Å²) in [6, 6.07) is -0.186. The molecule has 0 spiro atoms. The Bertz CT molecular complexity index is 855. The average Bonchev–Trinajstić information content (AvgIpc) is 3.33. The van der Waals surface area contributed by atoms with E-state index in [9.17, 15) is 18.0 Å². The van der Waals surface area contributed by atoms with E-state index < -0.39 is 9.84 Å². The number of nitrogens with zero attached hydrogens (tertiary/aromatic N) is 2. The summed E-state index contributed by atoms with van der Waals surface area (Å²) in [5.74, 6) is -0.283. The molecule has 0 aromatic carbocycles. The smallest absolute Gasteiger partial charge is 0.287 e. The Morgan fingerprint density at radius 1 is 0.963 bits per heavy atom. The molecule has 3 aliphatic rings. The number of aromatic nitrogens is 2. The van der Waals surface area contributed by atoms with Gasteiger partial charge in [-0.3, -0.25) is 9.59 Å². The normalized spacial score (nSPS) is 24.5. The lowest BCUT2D eigenvalue weighted by Gasteiger charge is -2.18. The average molecular weight is 394 g/mol. The van der Waals surface area contributed by atoms with Gasteiger partial charge in [0.15, 0.2) is 15.7 Å². The van der Waals surface area contributed by atoms with Crippen molar-refractivity contribution in [2.75, 3.05) is 11.5 Å². The van der Waals surface area contributed by atoms with Crippen molar-refractivity contribution in [1.29, 1.82) is 0 Å². The third-order valence-corrected chi connectivity index (χ3v) is 7.56. The monoisotopic (exact) mass is 394 g/mol. The van der Waals surface area contributed by atoms with E-state index in [-0.39, 0.29) is 41.2 Å². The fourth-order valence-electron chi connectivity index (χ4n) is 4.38. The van der Waals surface area contributed by atoms with E-state index in [1.165, 1.54) is 0 Å². The minimum absolute atomic E-state index is 0.0265. The Morgan fingerprint density at radius 3 is 2.41 bits per heavy atom. The molecule has 0 bridgehead atoms. The molecule has 1 atom stereocenters. The first kappa shape index (κ1) is 18.5. The molecule has 2 amide bonds. The quantitative estimate of drug-likeness (QED) is 0.785. The van der Waals surface area contributed by atoms with Gasteiger partial charge in [-0.15, -0.1) is 0 Å². The van der Waals surface area contributed by atoms with Crippen LogP contribution in [0, 0.1) is 0 Å². The third kappa shape index (κ3) is 3.88. The van der Waals surface area contributed by atoms with Gasteiger partial charge in [-0.25, -0.2) is 13.4 Å². The molecule has 4 rings (SSSR count). The first-order valence-corrected chi connectivity index (χ1v) is 11.7. The van der Waals surface area contributed by atoms with Crippen LogP contribution in [-0.2, 0) is 22.8 Å². The number of carbonyl (C=O) groups is 2. The number of sulfone groups is 1. The summed E-state index contributed by atoms with van der Waals surface area (Å²) in [5, 5.41) is 5.85. The van der Waals surface area contributed by atoms with Crippen molar-refractivity contribution in [3.8, 4) is 0 Å². The van der Waals surface area contributed by atoms with E-state index in [2.05, 4.69) is 15.6 Å². The molecule has 2 fully saturated rings. The SMILES string of the molecule is O=C(NC1CCCC1)c1nc(C(=O)NC2CCS(=O)(=O)C2)n2c1CCCC2. The lowest BCUT2D eigenvalue weighted by molar-refractivity contribution is 0.0924. The summed E-state index contributed by atoms with van der Waals surface area (Å²) in [5.41, 5.74) is 1.17. The van der Waals surface area contributed by atoms with Crippen molar-refractivity contribution in [2.24, 2.45) is 0 Å². The van der Waals surface area contributed by atoms with Gasteiger partial charge in [0.25, 0.3) is 11.8 Å². The summed E-state index contributed by atoms with van der Waals surface area (Å²) in [7, 11) is -3.07. The predicted molar refractivity (Wildman–Crippen MR) is 99.4 cm³/mol. The van der Waals surface area contributed by atoms with Crippen molar-refractivity contribution in [3.63, 3.8) is 0 Å². The highest BCUT2D eigenvalue weighted by atomic mass is 32.2. The zero-order valence-corrected chi connectivity index (χ0v) is 16.2. The van der Waals surface area contributed by atoms with Crippen LogP contribution in [0.4, 0.5) is 0 Å². The fraction of sp³-hybridized carbons (Fsp3) is 0.722. The van der Waals surface area contributed by atoms with E-state index >= 15 is 0 Å². The second kappa shape index (κ2) is 7.26. The number of imidazole rings is 1. The summed E-state index contributed by atoms with van der Waals surface area (Å²) >= 11 is 0. The van der Waals surface area contributed by atoms with Crippen LogP contribution in [0.15, 0.2) is 0 Å². The molecule has 148 valence electrons. The highest BCUT2D eigenvalue weighted by Crippen LogP contribution is 2.23. The molecule has 2 N–H and O–H groups in total. The second-order valence-electron chi connectivity index (χ2n) is 7.87. The van der Waals surface area contributed by atoms with Crippen LogP contribution in [0.1, 0.15) is 71.7 Å². The summed E-state index contributed by atoms with van der Waals surface area (Å²) in [6.07, 6.45) is 7.30. The molecular weight excluding hydrogens is 368 g/mol. The number of hydrogen-bond donors (Lipinski definition) is 2. The van der Waals surface area contributed by atoms with Gasteiger partial charge in [0.05, 0.1) is 17.2 Å². The Balaban J connectivity index is 1.54. The number of amides is 2. The molecule has 1 saturated carbocycles. The number of rotatable bonds is 4. The van der Waals surface area contributed by atoms with Crippen molar-refractivity contribution in [2.45, 2.75) is 70.0 Å². The lowest BCUT2D eigenvalue weighted by atomic mass is 10.1. The summed E-state index contributed by atoms with van der Waals surface area (Å²) in [6.45, 7) is 0.658. The lowest BCUT2D eigenvalue weighted by Crippen LogP contribution is -2.37. The van der Waals surface area contributed by atoms with Gasteiger partial charge in [-0.05, 0) is 38.5 Å². The van der Waals surface area contributed by atoms with Crippen LogP contribution in [-0.4, -0.2) is 53.4 Å². The molecule has 9 heteroatoms. The van der Waals surface area contributed by atoms with Crippen LogP contribution in [0.3, 0.4) is 0 Å². The zero-order chi connectivity index (χ0) is 19.0. The fourth-order valence-corrected chi connectivity index (χ4v) is 6.05. The number of carbonyl (C=O) groups excluding carboxylic acids is 2. The van der Waals surface area contributed by atoms with Gasteiger partial charge in [0.2, 0.25) is 0 Å². The minimum atomic E-state index is -3.07. The van der Waals surface area contributed by atoms with Crippen LogP contribution in [0.25, 0.3) is 0 Å². The van der Waals surface area contributed by atoms with Gasteiger partial charge >= 0.3 is 0 Å². The van der Waals surface area contributed by atoms with Crippen molar-refractivity contribution < 1.29 is 18.0 Å². The molecule has 0 radical (unpaired) electrons. The maximum absolute atomic E-state index is 12.7. The standard InChI is InChI=1S/C18H26N4O4S/c23-17(19-12-5-1-2-6-12)15-14-7-3-4-9-22(14)16(21-15)18(24)20-13-8-10-27(25,26)11-13/h12-13H,1-11H2,(H,19,23)(H,20,24). The Morgan fingerprint density at radius 2 is 1.70 bits per heavy atom. The van der Waals surface area contributed by atoms with Crippen molar-refractivity contribution in [1.82, 2.24) is 20.2 Å². The minimum Gasteiger partial charge on any atom is -0.348 e. The molecule has 1 aromatic heterocycles. The first-order valence-electron chi connectivity index (χ1n) is 9.84. The Hall–Kier alpha value is -1.90. The first-order chi connectivity index (χ1) is 12.9. The summed E-state index contributed by atoms with van der Waals surface area (Å²) < 4.78 is 25.1. The third-order valence-electron chi connectivity index (χ3n) is 5.79. The van der Waals surface area contributed by atoms with Crippen molar-refractivity contribution in [3.05, 3.63) is 17.2 Å². The van der Waals surface area contributed by atoms with Crippen molar-refractivity contribution >= 4 is 21.7 Å². The van der Waals surface area contributed by atoms with Crippen LogP contribution >= 0.6 is 0 Å². The summed E-state index contributed by atoms with van der Waals surface area (Å²) in [4.78, 5) is 29.9. The van der Waals surface area contributed by atoms with E-state index in [1.807, 2.05) is 4.57 Å². The maximum atomic E-state index is 12.7.